The van der Waals surface area contributed by atoms with E-state index in [-0.39, 0.29) is 5.96 Å². The number of carboxylic acid groups (broad SMARTS) is 2. The van der Waals surface area contributed by atoms with Crippen LogP contribution >= 0.6 is 0 Å². The fourth-order valence-corrected chi connectivity index (χ4v) is 0.880. The van der Waals surface area contributed by atoms with Crippen molar-refractivity contribution in [2.75, 3.05) is 5.32 Å². The first-order valence-electron chi connectivity index (χ1n) is 6.11. The van der Waals surface area contributed by atoms with Gasteiger partial charge in [0.1, 0.15) is 0 Å². The standard InChI is InChI=1S/C8H12N4.2C2HF3O2/c9-5-6-1-3-7(4-2-6)12-8(10)11;2*3-2(4,5)1(6)7/h1-4H,5,9H2,(H4,10,11,12);2*(H,6,7). The third-order valence-corrected chi connectivity index (χ3v) is 1.95. The van der Waals surface area contributed by atoms with Crippen molar-refractivity contribution in [2.24, 2.45) is 11.5 Å². The molecule has 8 nitrogen and oxygen atoms in total. The molecule has 8 N–H and O–H groups in total. The number of anilines is 1. The Labute approximate surface area is 141 Å². The van der Waals surface area contributed by atoms with E-state index in [1.807, 2.05) is 24.3 Å². The average molecular weight is 392 g/mol. The number of carboxylic acids is 2. The van der Waals surface area contributed by atoms with Gasteiger partial charge in [-0.2, -0.15) is 26.3 Å². The number of benzene rings is 1. The van der Waals surface area contributed by atoms with Gasteiger partial charge < -0.3 is 27.0 Å². The van der Waals surface area contributed by atoms with Crippen LogP contribution < -0.4 is 16.8 Å². The van der Waals surface area contributed by atoms with E-state index in [1.54, 1.807) is 0 Å². The summed E-state index contributed by atoms with van der Waals surface area (Å²) in [5.41, 5.74) is 12.4. The second kappa shape index (κ2) is 10.8. The lowest BCUT2D eigenvalue weighted by Gasteiger charge is -2.03. The molecule has 0 fully saturated rings. The Morgan fingerprint density at radius 3 is 1.46 bits per heavy atom. The summed E-state index contributed by atoms with van der Waals surface area (Å²) in [6.45, 7) is 0.528. The van der Waals surface area contributed by atoms with Crippen molar-refractivity contribution in [3.63, 3.8) is 0 Å². The molecule has 0 aliphatic rings. The first-order chi connectivity index (χ1) is 11.6. The first kappa shape index (κ1) is 25.2. The molecule has 0 spiro atoms. The summed E-state index contributed by atoms with van der Waals surface area (Å²) in [5, 5.41) is 23.9. The van der Waals surface area contributed by atoms with Crippen LogP contribution in [-0.2, 0) is 16.1 Å². The normalized spacial score (nSPS) is 10.4. The fraction of sp³-hybridized carbons (Fsp3) is 0.250. The zero-order valence-electron chi connectivity index (χ0n) is 12.6. The molecule has 0 aliphatic heterocycles. The number of aliphatic carboxylic acids is 2. The van der Waals surface area contributed by atoms with Crippen LogP contribution in [0.1, 0.15) is 5.56 Å². The summed E-state index contributed by atoms with van der Waals surface area (Å²) in [6.07, 6.45) is -10.2. The van der Waals surface area contributed by atoms with Crippen LogP contribution in [0.2, 0.25) is 0 Å². The van der Waals surface area contributed by atoms with E-state index < -0.39 is 24.3 Å². The lowest BCUT2D eigenvalue weighted by molar-refractivity contribution is -0.193. The van der Waals surface area contributed by atoms with Gasteiger partial charge in [-0.1, -0.05) is 12.1 Å². The number of halogens is 6. The van der Waals surface area contributed by atoms with E-state index >= 15 is 0 Å². The van der Waals surface area contributed by atoms with Gasteiger partial charge in [0.15, 0.2) is 5.96 Å². The molecule has 0 radical (unpaired) electrons. The first-order valence-corrected chi connectivity index (χ1v) is 6.11. The molecule has 1 aromatic carbocycles. The number of hydrogen-bond donors (Lipinski definition) is 6. The molecule has 0 bridgehead atoms. The van der Waals surface area contributed by atoms with Crippen LogP contribution in [0.4, 0.5) is 32.0 Å². The molecule has 1 aromatic rings. The molecule has 0 aromatic heterocycles. The number of nitrogens with two attached hydrogens (primary N) is 2. The zero-order chi connectivity index (χ0) is 21.1. The van der Waals surface area contributed by atoms with E-state index in [4.69, 9.17) is 36.7 Å². The molecule has 1 rings (SSSR count). The van der Waals surface area contributed by atoms with E-state index in [0.717, 1.165) is 11.3 Å². The number of rotatable bonds is 2. The lowest BCUT2D eigenvalue weighted by Crippen LogP contribution is -2.21. The van der Waals surface area contributed by atoms with Gasteiger partial charge in [-0.25, -0.2) is 9.59 Å². The third kappa shape index (κ3) is 13.4. The Kier molecular flexibility index (Phi) is 10.4. The van der Waals surface area contributed by atoms with Crippen LogP contribution in [0, 0.1) is 5.41 Å². The minimum atomic E-state index is -5.08. The zero-order valence-corrected chi connectivity index (χ0v) is 12.6. The molecule has 0 atom stereocenters. The summed E-state index contributed by atoms with van der Waals surface area (Å²) in [6, 6.07) is 7.46. The van der Waals surface area contributed by atoms with Crippen molar-refractivity contribution in [1.82, 2.24) is 0 Å². The molecule has 0 heterocycles. The van der Waals surface area contributed by atoms with Gasteiger partial charge in [-0.15, -0.1) is 0 Å². The summed E-state index contributed by atoms with van der Waals surface area (Å²) >= 11 is 0. The molecule has 0 saturated carbocycles. The minimum Gasteiger partial charge on any atom is -0.475 e. The maximum Gasteiger partial charge on any atom is 0.490 e. The second-order valence-electron chi connectivity index (χ2n) is 4.05. The van der Waals surface area contributed by atoms with Crippen LogP contribution in [0.25, 0.3) is 0 Å². The minimum absolute atomic E-state index is 0.0597. The van der Waals surface area contributed by atoms with Crippen molar-refractivity contribution >= 4 is 23.6 Å². The Bertz CT molecular complexity index is 577. The van der Waals surface area contributed by atoms with Crippen LogP contribution in [-0.4, -0.2) is 40.5 Å². The maximum atomic E-state index is 10.6. The highest BCUT2D eigenvalue weighted by Crippen LogP contribution is 2.13. The Balaban J connectivity index is 0. The van der Waals surface area contributed by atoms with Gasteiger partial charge >= 0.3 is 24.3 Å². The summed E-state index contributed by atoms with van der Waals surface area (Å²) in [5.74, 6) is -5.57. The number of carbonyl (C=O) groups is 2. The SMILES string of the molecule is N=C(N)Nc1ccc(CN)cc1.O=C(O)C(F)(F)F.O=C(O)C(F)(F)F. The largest absolute Gasteiger partial charge is 0.490 e. The van der Waals surface area contributed by atoms with Crippen LogP contribution in [0.15, 0.2) is 24.3 Å². The molecular formula is C12H14F6N4O4. The smallest absolute Gasteiger partial charge is 0.475 e. The lowest BCUT2D eigenvalue weighted by atomic mass is 10.2. The Morgan fingerprint density at radius 1 is 0.962 bits per heavy atom. The molecule has 14 heteroatoms. The summed E-state index contributed by atoms with van der Waals surface area (Å²) < 4.78 is 63.5. The Morgan fingerprint density at radius 2 is 1.27 bits per heavy atom. The molecule has 26 heavy (non-hydrogen) atoms. The number of hydrogen-bond acceptors (Lipinski definition) is 4. The number of guanidine groups is 1. The summed E-state index contributed by atoms with van der Waals surface area (Å²) in [4.78, 5) is 17.8. The van der Waals surface area contributed by atoms with E-state index in [9.17, 15) is 26.3 Å². The fourth-order valence-electron chi connectivity index (χ4n) is 0.880. The number of nitrogens with one attached hydrogen (secondary N) is 2. The second-order valence-corrected chi connectivity index (χ2v) is 4.05. The topological polar surface area (TPSA) is 163 Å². The molecular weight excluding hydrogens is 378 g/mol. The van der Waals surface area contributed by atoms with Crippen LogP contribution in [0.5, 0.6) is 0 Å². The van der Waals surface area contributed by atoms with Gasteiger partial charge in [0.05, 0.1) is 0 Å². The number of alkyl halides is 6. The average Bonchev–Trinajstić information content (AvgIpc) is 2.46. The van der Waals surface area contributed by atoms with Gasteiger partial charge in [0, 0.05) is 12.2 Å². The Hall–Kier alpha value is -3.03. The van der Waals surface area contributed by atoms with Crippen molar-refractivity contribution in [1.29, 1.82) is 5.41 Å². The van der Waals surface area contributed by atoms with E-state index in [0.29, 0.717) is 6.54 Å². The van der Waals surface area contributed by atoms with Crippen molar-refractivity contribution in [2.45, 2.75) is 18.9 Å². The third-order valence-electron chi connectivity index (χ3n) is 1.95. The van der Waals surface area contributed by atoms with E-state index in [1.165, 1.54) is 0 Å². The quantitative estimate of drug-likeness (QED) is 0.253. The van der Waals surface area contributed by atoms with Gasteiger partial charge in [-0.3, -0.25) is 5.41 Å². The van der Waals surface area contributed by atoms with Crippen molar-refractivity contribution in [3.05, 3.63) is 29.8 Å². The highest BCUT2D eigenvalue weighted by molar-refractivity contribution is 5.89. The molecule has 0 aliphatic carbocycles. The monoisotopic (exact) mass is 392 g/mol. The van der Waals surface area contributed by atoms with Gasteiger partial charge in [-0.05, 0) is 17.7 Å². The van der Waals surface area contributed by atoms with Crippen molar-refractivity contribution in [3.8, 4) is 0 Å². The molecule has 0 saturated heterocycles. The highest BCUT2D eigenvalue weighted by atomic mass is 19.4. The van der Waals surface area contributed by atoms with Crippen molar-refractivity contribution < 1.29 is 46.1 Å². The van der Waals surface area contributed by atoms with Crippen LogP contribution in [0.3, 0.4) is 0 Å². The predicted molar refractivity (Wildman–Crippen MR) is 77.3 cm³/mol. The highest BCUT2D eigenvalue weighted by Gasteiger charge is 2.38. The summed E-state index contributed by atoms with van der Waals surface area (Å²) in [7, 11) is 0. The van der Waals surface area contributed by atoms with E-state index in [2.05, 4.69) is 5.32 Å². The molecule has 148 valence electrons. The molecule has 0 amide bonds. The van der Waals surface area contributed by atoms with Gasteiger partial charge in [0.25, 0.3) is 0 Å². The van der Waals surface area contributed by atoms with Gasteiger partial charge in [0.2, 0.25) is 0 Å². The maximum absolute atomic E-state index is 10.6. The molecule has 0 unspecified atom stereocenters. The predicted octanol–water partition coefficient (Wildman–Crippen LogP) is 1.72.